The van der Waals surface area contributed by atoms with E-state index < -0.39 is 0 Å². The molecule has 0 saturated carbocycles. The summed E-state index contributed by atoms with van der Waals surface area (Å²) in [4.78, 5) is 28.4. The van der Waals surface area contributed by atoms with Crippen LogP contribution in [0.5, 0.6) is 0 Å². The van der Waals surface area contributed by atoms with Crippen LogP contribution in [0.25, 0.3) is 0 Å². The van der Waals surface area contributed by atoms with E-state index in [2.05, 4.69) is 0 Å². The molecule has 0 unspecified atom stereocenters. The minimum absolute atomic E-state index is 0.0415. The van der Waals surface area contributed by atoms with Crippen molar-refractivity contribution in [2.75, 3.05) is 24.5 Å². The third kappa shape index (κ3) is 3.26. The number of aryl methyl sites for hydroxylation is 2. The Morgan fingerprint density at radius 1 is 0.957 bits per heavy atom. The van der Waals surface area contributed by atoms with E-state index in [9.17, 15) is 9.59 Å². The fourth-order valence-electron chi connectivity index (χ4n) is 3.01. The highest BCUT2D eigenvalue weighted by molar-refractivity contribution is 6.01. The standard InChI is InChI=1S/C19H20N2O2/c1-14-10-15(2)12-16(11-14)19(23)20-8-9-21(18(22)13-20)17-6-4-3-5-7-17/h3-7,10-12H,8-9,13H2,1-2H3. The molecule has 1 aliphatic rings. The van der Waals surface area contributed by atoms with Crippen molar-refractivity contribution in [1.82, 2.24) is 4.90 Å². The van der Waals surface area contributed by atoms with Gasteiger partial charge in [0, 0.05) is 24.3 Å². The van der Waals surface area contributed by atoms with Crippen LogP contribution in [0, 0.1) is 13.8 Å². The number of anilines is 1. The molecule has 4 heteroatoms. The van der Waals surface area contributed by atoms with Crippen LogP contribution < -0.4 is 4.90 Å². The highest BCUT2D eigenvalue weighted by atomic mass is 16.2. The van der Waals surface area contributed by atoms with Gasteiger partial charge in [-0.2, -0.15) is 0 Å². The highest BCUT2D eigenvalue weighted by Gasteiger charge is 2.28. The third-order valence-corrected chi connectivity index (χ3v) is 4.04. The van der Waals surface area contributed by atoms with E-state index in [0.717, 1.165) is 16.8 Å². The van der Waals surface area contributed by atoms with Crippen molar-refractivity contribution in [2.45, 2.75) is 13.8 Å². The molecule has 118 valence electrons. The smallest absolute Gasteiger partial charge is 0.254 e. The Bertz CT molecular complexity index is 720. The lowest BCUT2D eigenvalue weighted by molar-refractivity contribution is -0.120. The molecule has 1 fully saturated rings. The maximum Gasteiger partial charge on any atom is 0.254 e. The SMILES string of the molecule is Cc1cc(C)cc(C(=O)N2CCN(c3ccccc3)C(=O)C2)c1. The fraction of sp³-hybridized carbons (Fsp3) is 0.263. The fourth-order valence-corrected chi connectivity index (χ4v) is 3.01. The van der Waals surface area contributed by atoms with Crippen molar-refractivity contribution in [2.24, 2.45) is 0 Å². The molecule has 0 radical (unpaired) electrons. The summed E-state index contributed by atoms with van der Waals surface area (Å²) in [6, 6.07) is 15.4. The van der Waals surface area contributed by atoms with Gasteiger partial charge in [0.1, 0.15) is 6.54 Å². The lowest BCUT2D eigenvalue weighted by Gasteiger charge is -2.34. The Kier molecular flexibility index (Phi) is 4.15. The number of hydrogen-bond acceptors (Lipinski definition) is 2. The lowest BCUT2D eigenvalue weighted by Crippen LogP contribution is -2.52. The molecule has 4 nitrogen and oxygen atoms in total. The lowest BCUT2D eigenvalue weighted by atomic mass is 10.1. The van der Waals surface area contributed by atoms with Gasteiger partial charge in [-0.3, -0.25) is 9.59 Å². The molecule has 0 aromatic heterocycles. The Morgan fingerprint density at radius 3 is 2.22 bits per heavy atom. The van der Waals surface area contributed by atoms with Crippen LogP contribution in [0.1, 0.15) is 21.5 Å². The Balaban J connectivity index is 1.75. The monoisotopic (exact) mass is 308 g/mol. The zero-order chi connectivity index (χ0) is 16.4. The van der Waals surface area contributed by atoms with Crippen molar-refractivity contribution in [3.8, 4) is 0 Å². The normalized spacial score (nSPS) is 15.0. The number of carbonyl (C=O) groups is 2. The summed E-state index contributed by atoms with van der Waals surface area (Å²) in [5.74, 6) is -0.113. The predicted molar refractivity (Wildman–Crippen MR) is 90.6 cm³/mol. The Hall–Kier alpha value is -2.62. The number of nitrogens with zero attached hydrogens (tertiary/aromatic N) is 2. The molecule has 0 aliphatic carbocycles. The molecule has 0 bridgehead atoms. The number of carbonyl (C=O) groups excluding carboxylic acids is 2. The second-order valence-electron chi connectivity index (χ2n) is 5.98. The Labute approximate surface area is 136 Å². The van der Waals surface area contributed by atoms with Gasteiger partial charge >= 0.3 is 0 Å². The van der Waals surface area contributed by atoms with E-state index in [-0.39, 0.29) is 18.4 Å². The maximum absolute atomic E-state index is 12.6. The van der Waals surface area contributed by atoms with Gasteiger partial charge in [-0.05, 0) is 38.1 Å². The molecule has 0 N–H and O–H groups in total. The average Bonchev–Trinajstić information content (AvgIpc) is 2.54. The van der Waals surface area contributed by atoms with E-state index in [1.54, 1.807) is 9.80 Å². The molecule has 0 atom stereocenters. The summed E-state index contributed by atoms with van der Waals surface area (Å²) < 4.78 is 0. The zero-order valence-corrected chi connectivity index (χ0v) is 13.5. The number of para-hydroxylation sites is 1. The van der Waals surface area contributed by atoms with Gasteiger partial charge in [-0.15, -0.1) is 0 Å². The predicted octanol–water partition coefficient (Wildman–Crippen LogP) is 2.79. The van der Waals surface area contributed by atoms with E-state index in [4.69, 9.17) is 0 Å². The second kappa shape index (κ2) is 6.24. The number of benzene rings is 2. The van der Waals surface area contributed by atoms with Crippen LogP contribution >= 0.6 is 0 Å². The number of piperazine rings is 1. The first-order valence-electron chi connectivity index (χ1n) is 7.77. The average molecular weight is 308 g/mol. The van der Waals surface area contributed by atoms with Gasteiger partial charge in [-0.1, -0.05) is 35.4 Å². The van der Waals surface area contributed by atoms with Gasteiger partial charge in [0.05, 0.1) is 0 Å². The van der Waals surface area contributed by atoms with Crippen molar-refractivity contribution >= 4 is 17.5 Å². The van der Waals surface area contributed by atoms with E-state index in [0.29, 0.717) is 18.7 Å². The molecule has 2 aromatic carbocycles. The minimum atomic E-state index is -0.0714. The van der Waals surface area contributed by atoms with Gasteiger partial charge in [0.25, 0.3) is 5.91 Å². The third-order valence-electron chi connectivity index (χ3n) is 4.04. The van der Waals surface area contributed by atoms with Gasteiger partial charge in [-0.25, -0.2) is 0 Å². The van der Waals surface area contributed by atoms with Crippen molar-refractivity contribution in [3.63, 3.8) is 0 Å². The molecular formula is C19H20N2O2. The van der Waals surface area contributed by atoms with Crippen LogP contribution in [0.3, 0.4) is 0 Å². The van der Waals surface area contributed by atoms with Crippen LogP contribution in [-0.4, -0.2) is 36.3 Å². The largest absolute Gasteiger partial charge is 0.328 e. The van der Waals surface area contributed by atoms with Gasteiger partial charge < -0.3 is 9.80 Å². The summed E-state index contributed by atoms with van der Waals surface area (Å²) >= 11 is 0. The van der Waals surface area contributed by atoms with Crippen LogP contribution in [0.15, 0.2) is 48.5 Å². The summed E-state index contributed by atoms with van der Waals surface area (Å²) in [7, 11) is 0. The molecule has 3 rings (SSSR count). The molecule has 0 spiro atoms. The number of hydrogen-bond donors (Lipinski definition) is 0. The number of rotatable bonds is 2. The maximum atomic E-state index is 12.6. The summed E-state index contributed by atoms with van der Waals surface area (Å²) in [5.41, 5.74) is 3.66. The molecular weight excluding hydrogens is 288 g/mol. The Morgan fingerprint density at radius 2 is 1.61 bits per heavy atom. The topological polar surface area (TPSA) is 40.6 Å². The van der Waals surface area contributed by atoms with Crippen LogP contribution in [0.4, 0.5) is 5.69 Å². The van der Waals surface area contributed by atoms with Gasteiger partial charge in [0.2, 0.25) is 5.91 Å². The zero-order valence-electron chi connectivity index (χ0n) is 13.5. The number of amides is 2. The van der Waals surface area contributed by atoms with Crippen molar-refractivity contribution in [1.29, 1.82) is 0 Å². The van der Waals surface area contributed by atoms with Crippen LogP contribution in [-0.2, 0) is 4.79 Å². The first kappa shape index (κ1) is 15.3. The van der Waals surface area contributed by atoms with Crippen molar-refractivity contribution < 1.29 is 9.59 Å². The summed E-state index contributed by atoms with van der Waals surface area (Å²) in [6.45, 7) is 5.15. The van der Waals surface area contributed by atoms with Gasteiger partial charge in [0.15, 0.2) is 0 Å². The van der Waals surface area contributed by atoms with E-state index in [1.807, 2.05) is 62.4 Å². The molecule has 1 heterocycles. The van der Waals surface area contributed by atoms with Crippen LogP contribution in [0.2, 0.25) is 0 Å². The highest BCUT2D eigenvalue weighted by Crippen LogP contribution is 2.18. The molecule has 1 aliphatic heterocycles. The first-order valence-corrected chi connectivity index (χ1v) is 7.77. The molecule has 23 heavy (non-hydrogen) atoms. The second-order valence-corrected chi connectivity index (χ2v) is 5.98. The van der Waals surface area contributed by atoms with Crippen molar-refractivity contribution in [3.05, 3.63) is 65.2 Å². The summed E-state index contributed by atoms with van der Waals surface area (Å²) in [6.07, 6.45) is 0. The molecule has 2 aromatic rings. The molecule has 2 amide bonds. The quantitative estimate of drug-likeness (QED) is 0.856. The van der Waals surface area contributed by atoms with E-state index >= 15 is 0 Å². The molecule has 1 saturated heterocycles. The minimum Gasteiger partial charge on any atom is -0.328 e. The first-order chi connectivity index (χ1) is 11.0. The summed E-state index contributed by atoms with van der Waals surface area (Å²) in [5, 5.41) is 0. The van der Waals surface area contributed by atoms with E-state index in [1.165, 1.54) is 0 Å².